The maximum atomic E-state index is 12.9. The van der Waals surface area contributed by atoms with Gasteiger partial charge in [0.2, 0.25) is 0 Å². The molecule has 1 aliphatic rings. The van der Waals surface area contributed by atoms with E-state index in [0.29, 0.717) is 31.0 Å². The van der Waals surface area contributed by atoms with E-state index in [1.165, 1.54) is 4.90 Å². The number of amides is 1. The van der Waals surface area contributed by atoms with Crippen LogP contribution in [0.4, 0.5) is 0 Å². The van der Waals surface area contributed by atoms with Gasteiger partial charge in [0.15, 0.2) is 0 Å². The quantitative estimate of drug-likeness (QED) is 0.303. The van der Waals surface area contributed by atoms with Crippen LogP contribution < -0.4 is 9.64 Å². The summed E-state index contributed by atoms with van der Waals surface area (Å²) in [7, 11) is 3.98. The summed E-state index contributed by atoms with van der Waals surface area (Å²) in [4.78, 5) is 28.4. The molecule has 3 rings (SSSR count). The molecule has 30 heavy (non-hydrogen) atoms. The van der Waals surface area contributed by atoms with Crippen LogP contribution in [0, 0.1) is 0 Å². The minimum Gasteiger partial charge on any atom is -0.507 e. The molecule has 2 aromatic rings. The van der Waals surface area contributed by atoms with Crippen molar-refractivity contribution in [2.24, 2.45) is 0 Å². The summed E-state index contributed by atoms with van der Waals surface area (Å²) in [5.74, 6) is -0.808. The predicted molar refractivity (Wildman–Crippen MR) is 115 cm³/mol. The molecule has 1 saturated heterocycles. The number of ketones is 1. The van der Waals surface area contributed by atoms with E-state index in [9.17, 15) is 14.7 Å². The fourth-order valence-corrected chi connectivity index (χ4v) is 3.46. The van der Waals surface area contributed by atoms with Gasteiger partial charge in [0.1, 0.15) is 18.1 Å². The number of carbonyl (C=O) groups excluding carboxylic acids is 2. The first-order chi connectivity index (χ1) is 14.4. The predicted octanol–water partition coefficient (Wildman–Crippen LogP) is 1.82. The number of hydrogen-bond donors (Lipinski definition) is 2. The molecule has 6 nitrogen and oxygen atoms in total. The Morgan fingerprint density at radius 2 is 1.80 bits per heavy atom. The van der Waals surface area contributed by atoms with E-state index >= 15 is 0 Å². The van der Waals surface area contributed by atoms with Crippen LogP contribution in [0.1, 0.15) is 17.2 Å². The molecule has 0 aromatic heterocycles. The number of likely N-dealkylation sites (N-methyl/N-ethyl adjacent to an activating group) is 1. The smallest absolute Gasteiger partial charge is 0.295 e. The van der Waals surface area contributed by atoms with Crippen LogP contribution in [-0.2, 0) is 9.59 Å². The number of aliphatic hydroxyl groups is 1. The second kappa shape index (κ2) is 9.41. The number of likely N-dealkylation sites (tertiary alicyclic amines) is 1. The number of nitrogens with zero attached hydrogens (tertiary/aromatic N) is 1. The molecule has 2 N–H and O–H groups in total. The fraction of sp³-hybridized carbons (Fsp3) is 0.250. The highest BCUT2D eigenvalue weighted by atomic mass is 16.5. The van der Waals surface area contributed by atoms with E-state index in [-0.39, 0.29) is 11.3 Å². The standard InChI is InChI=1S/C24H26N2O4/c1-4-16-30-19-12-10-18(11-13-19)22(27)20-21(17-8-6-5-7-9-17)26(15-14-25(2)3)24(29)23(20)28/h4-13,21,27H,1,14-16H2,2-3H3/p+1/t21-/m1/s1. The van der Waals surface area contributed by atoms with Gasteiger partial charge in [0.25, 0.3) is 11.7 Å². The average Bonchev–Trinajstić information content (AvgIpc) is 3.01. The highest BCUT2D eigenvalue weighted by Crippen LogP contribution is 2.39. The van der Waals surface area contributed by atoms with Crippen LogP contribution in [0.3, 0.4) is 0 Å². The maximum absolute atomic E-state index is 12.9. The van der Waals surface area contributed by atoms with Crippen LogP contribution in [0.5, 0.6) is 5.75 Å². The lowest BCUT2D eigenvalue weighted by molar-refractivity contribution is -0.857. The van der Waals surface area contributed by atoms with Gasteiger partial charge >= 0.3 is 0 Å². The van der Waals surface area contributed by atoms with Crippen LogP contribution in [0.15, 0.2) is 72.8 Å². The molecule has 1 heterocycles. The monoisotopic (exact) mass is 407 g/mol. The first kappa shape index (κ1) is 21.3. The first-order valence-electron chi connectivity index (χ1n) is 9.90. The van der Waals surface area contributed by atoms with Gasteiger partial charge < -0.3 is 19.6 Å². The number of benzene rings is 2. The van der Waals surface area contributed by atoms with Crippen LogP contribution in [0.25, 0.3) is 5.76 Å². The summed E-state index contributed by atoms with van der Waals surface area (Å²) in [5.41, 5.74) is 1.36. The van der Waals surface area contributed by atoms with Crippen molar-refractivity contribution in [2.75, 3.05) is 33.8 Å². The molecule has 0 unspecified atom stereocenters. The summed E-state index contributed by atoms with van der Waals surface area (Å²) < 4.78 is 5.47. The third-order valence-corrected chi connectivity index (χ3v) is 5.00. The molecule has 6 heteroatoms. The van der Waals surface area contributed by atoms with Crippen molar-refractivity contribution in [3.8, 4) is 5.75 Å². The zero-order chi connectivity index (χ0) is 21.7. The topological polar surface area (TPSA) is 71.3 Å². The molecule has 0 aliphatic carbocycles. The SMILES string of the molecule is C=CCOc1ccc(C(O)=C2C(=O)C(=O)N(CC[NH+](C)C)[C@@H]2c2ccccc2)cc1. The van der Waals surface area contributed by atoms with Crippen LogP contribution in [-0.4, -0.2) is 55.5 Å². The molecule has 1 aliphatic heterocycles. The van der Waals surface area contributed by atoms with E-state index in [0.717, 1.165) is 5.56 Å². The summed E-state index contributed by atoms with van der Waals surface area (Å²) in [6, 6.07) is 15.5. The van der Waals surface area contributed by atoms with E-state index < -0.39 is 17.7 Å². The van der Waals surface area contributed by atoms with E-state index in [2.05, 4.69) is 6.58 Å². The highest BCUT2D eigenvalue weighted by molar-refractivity contribution is 6.46. The minimum atomic E-state index is -0.665. The molecule has 1 fully saturated rings. The van der Waals surface area contributed by atoms with Crippen molar-refractivity contribution >= 4 is 17.4 Å². The Kier molecular flexibility index (Phi) is 6.69. The number of nitrogens with one attached hydrogen (secondary N) is 1. The van der Waals surface area contributed by atoms with Gasteiger partial charge in [0.05, 0.1) is 38.8 Å². The number of rotatable bonds is 8. The number of aliphatic hydroxyl groups excluding tert-OH is 1. The Balaban J connectivity index is 2.03. The summed E-state index contributed by atoms with van der Waals surface area (Å²) in [5, 5.41) is 11.0. The third-order valence-electron chi connectivity index (χ3n) is 5.00. The largest absolute Gasteiger partial charge is 0.507 e. The molecule has 0 bridgehead atoms. The summed E-state index contributed by atoms with van der Waals surface area (Å²) in [6.07, 6.45) is 1.64. The Hall–Kier alpha value is -3.38. The van der Waals surface area contributed by atoms with Crippen molar-refractivity contribution in [1.29, 1.82) is 0 Å². The Morgan fingerprint density at radius 3 is 2.40 bits per heavy atom. The zero-order valence-corrected chi connectivity index (χ0v) is 17.3. The van der Waals surface area contributed by atoms with Crippen LogP contribution >= 0.6 is 0 Å². The van der Waals surface area contributed by atoms with Crippen molar-refractivity contribution in [2.45, 2.75) is 6.04 Å². The number of Topliss-reactive ketones (excluding diaryl/α,β-unsaturated/α-hetero) is 1. The number of quaternary nitrogens is 1. The van der Waals surface area contributed by atoms with E-state index in [1.807, 2.05) is 44.4 Å². The van der Waals surface area contributed by atoms with Gasteiger partial charge in [-0.15, -0.1) is 0 Å². The summed E-state index contributed by atoms with van der Waals surface area (Å²) >= 11 is 0. The van der Waals surface area contributed by atoms with Gasteiger partial charge in [-0.2, -0.15) is 0 Å². The fourth-order valence-electron chi connectivity index (χ4n) is 3.46. The number of ether oxygens (including phenoxy) is 1. The van der Waals surface area contributed by atoms with Gasteiger partial charge in [-0.25, -0.2) is 0 Å². The molecule has 0 saturated carbocycles. The lowest BCUT2D eigenvalue weighted by Gasteiger charge is -2.25. The van der Waals surface area contributed by atoms with Crippen molar-refractivity contribution in [3.05, 3.63) is 84.0 Å². The third kappa shape index (κ3) is 4.44. The van der Waals surface area contributed by atoms with Gasteiger partial charge in [-0.3, -0.25) is 9.59 Å². The minimum absolute atomic E-state index is 0.111. The maximum Gasteiger partial charge on any atom is 0.295 e. The average molecular weight is 407 g/mol. The number of carbonyl (C=O) groups is 2. The lowest BCUT2D eigenvalue weighted by Crippen LogP contribution is -3.06. The summed E-state index contributed by atoms with van der Waals surface area (Å²) in [6.45, 7) is 5.09. The first-order valence-corrected chi connectivity index (χ1v) is 9.90. The molecule has 156 valence electrons. The second-order valence-corrected chi connectivity index (χ2v) is 7.48. The zero-order valence-electron chi connectivity index (χ0n) is 17.3. The van der Waals surface area contributed by atoms with E-state index in [4.69, 9.17) is 4.74 Å². The Labute approximate surface area is 176 Å². The molecule has 0 spiro atoms. The Morgan fingerprint density at radius 1 is 1.13 bits per heavy atom. The van der Waals surface area contributed by atoms with Crippen molar-refractivity contribution in [1.82, 2.24) is 4.90 Å². The van der Waals surface area contributed by atoms with Crippen molar-refractivity contribution in [3.63, 3.8) is 0 Å². The number of hydrogen-bond acceptors (Lipinski definition) is 4. The lowest BCUT2D eigenvalue weighted by atomic mass is 9.95. The van der Waals surface area contributed by atoms with Crippen molar-refractivity contribution < 1.29 is 24.3 Å². The molecule has 1 atom stereocenters. The molecule has 1 amide bonds. The normalized spacial score (nSPS) is 18.1. The molecule has 2 aromatic carbocycles. The van der Waals surface area contributed by atoms with Gasteiger partial charge in [-0.1, -0.05) is 43.0 Å². The van der Waals surface area contributed by atoms with E-state index in [1.54, 1.807) is 35.2 Å². The molecular formula is C24H27N2O4+. The molecule has 0 radical (unpaired) electrons. The highest BCUT2D eigenvalue weighted by Gasteiger charge is 2.46. The van der Waals surface area contributed by atoms with Crippen LogP contribution in [0.2, 0.25) is 0 Å². The van der Waals surface area contributed by atoms with Gasteiger partial charge in [0, 0.05) is 5.56 Å². The van der Waals surface area contributed by atoms with Gasteiger partial charge in [-0.05, 0) is 29.8 Å². The molecular weight excluding hydrogens is 380 g/mol. The Bertz CT molecular complexity index is 949. The second-order valence-electron chi connectivity index (χ2n) is 7.48.